The quantitative estimate of drug-likeness (QED) is 0.710. The third kappa shape index (κ3) is 1.66. The van der Waals surface area contributed by atoms with Gasteiger partial charge < -0.3 is 4.42 Å². The van der Waals surface area contributed by atoms with Gasteiger partial charge in [-0.1, -0.05) is 30.3 Å². The molecule has 0 spiro atoms. The Labute approximate surface area is 84.1 Å². The first kappa shape index (κ1) is 9.58. The lowest BCUT2D eigenvalue weighted by Crippen LogP contribution is -2.01. The first-order valence-corrected chi connectivity index (χ1v) is 4.22. The van der Waals surface area contributed by atoms with Crippen LogP contribution in [-0.2, 0) is 0 Å². The summed E-state index contributed by atoms with van der Waals surface area (Å²) in [5, 5.41) is 0. The third-order valence-electron chi connectivity index (χ3n) is 1.93. The molecule has 4 heteroatoms. The van der Waals surface area contributed by atoms with Gasteiger partial charge in [0.25, 0.3) is 0 Å². The molecule has 1 heterocycles. The largest absolute Gasteiger partial charge is 0.454 e. The van der Waals surface area contributed by atoms with E-state index < -0.39 is 23.2 Å². The molecule has 2 nitrogen and oxygen atoms in total. The van der Waals surface area contributed by atoms with Gasteiger partial charge in [-0.15, -0.1) is 0 Å². The fourth-order valence-electron chi connectivity index (χ4n) is 1.20. The van der Waals surface area contributed by atoms with Crippen molar-refractivity contribution >= 4 is 5.78 Å². The van der Waals surface area contributed by atoms with Crippen molar-refractivity contribution in [2.75, 3.05) is 0 Å². The van der Waals surface area contributed by atoms with E-state index in [1.54, 1.807) is 18.2 Å². The summed E-state index contributed by atoms with van der Waals surface area (Å²) < 4.78 is 30.1. The number of carbonyl (C=O) groups excluding carboxylic acids is 1. The second kappa shape index (κ2) is 3.65. The second-order valence-electron chi connectivity index (χ2n) is 2.92. The van der Waals surface area contributed by atoms with Crippen LogP contribution in [0.2, 0.25) is 0 Å². The van der Waals surface area contributed by atoms with E-state index in [1.807, 2.05) is 0 Å². The van der Waals surface area contributed by atoms with Gasteiger partial charge in [0.15, 0.2) is 5.82 Å². The highest BCUT2D eigenvalue weighted by atomic mass is 19.2. The average molecular weight is 208 g/mol. The highest BCUT2D eigenvalue weighted by Gasteiger charge is 2.21. The topological polar surface area (TPSA) is 30.2 Å². The molecule has 2 aromatic rings. The maximum Gasteiger partial charge on any atom is 0.231 e. The lowest BCUT2D eigenvalue weighted by atomic mass is 10.1. The van der Waals surface area contributed by atoms with Crippen LogP contribution in [0.5, 0.6) is 0 Å². The minimum Gasteiger partial charge on any atom is -0.454 e. The Balaban J connectivity index is 2.42. The molecule has 0 radical (unpaired) electrons. The standard InChI is InChI=1S/C11H6F2O2/c12-8-6-15-11(9(8)13)10(14)7-4-2-1-3-5-7/h1-6H. The monoisotopic (exact) mass is 208 g/mol. The molecule has 0 aliphatic rings. The van der Waals surface area contributed by atoms with Crippen LogP contribution in [-0.4, -0.2) is 5.78 Å². The highest BCUT2D eigenvalue weighted by molar-refractivity contribution is 6.07. The van der Waals surface area contributed by atoms with Gasteiger partial charge in [-0.05, 0) is 0 Å². The van der Waals surface area contributed by atoms with Crippen LogP contribution < -0.4 is 0 Å². The Morgan fingerprint density at radius 3 is 2.33 bits per heavy atom. The van der Waals surface area contributed by atoms with Crippen molar-refractivity contribution in [3.05, 3.63) is 59.6 Å². The normalized spacial score (nSPS) is 10.3. The number of benzene rings is 1. The molecule has 2 rings (SSSR count). The predicted molar refractivity (Wildman–Crippen MR) is 48.5 cm³/mol. The lowest BCUT2D eigenvalue weighted by Gasteiger charge is -1.96. The smallest absolute Gasteiger partial charge is 0.231 e. The van der Waals surface area contributed by atoms with Crippen molar-refractivity contribution in [1.29, 1.82) is 0 Å². The van der Waals surface area contributed by atoms with Gasteiger partial charge in [-0.25, -0.2) is 4.39 Å². The molecule has 76 valence electrons. The molecule has 15 heavy (non-hydrogen) atoms. The number of rotatable bonds is 2. The van der Waals surface area contributed by atoms with Crippen LogP contribution in [0, 0.1) is 11.6 Å². The van der Waals surface area contributed by atoms with Gasteiger partial charge in [0.05, 0.1) is 0 Å². The number of halogens is 2. The van der Waals surface area contributed by atoms with Gasteiger partial charge in [0.1, 0.15) is 6.26 Å². The van der Waals surface area contributed by atoms with Crippen molar-refractivity contribution in [2.24, 2.45) is 0 Å². The van der Waals surface area contributed by atoms with E-state index >= 15 is 0 Å². The Bertz CT molecular complexity index is 489. The SMILES string of the molecule is O=C(c1ccccc1)c1occ(F)c1F. The maximum atomic E-state index is 13.0. The summed E-state index contributed by atoms with van der Waals surface area (Å²) in [7, 11) is 0. The van der Waals surface area contributed by atoms with Crippen LogP contribution in [0.3, 0.4) is 0 Å². The molecular formula is C11H6F2O2. The number of hydrogen-bond donors (Lipinski definition) is 0. The maximum absolute atomic E-state index is 13.0. The summed E-state index contributed by atoms with van der Waals surface area (Å²) in [5.74, 6) is -3.67. The Kier molecular flexibility index (Phi) is 2.33. The van der Waals surface area contributed by atoms with E-state index in [0.717, 1.165) is 0 Å². The average Bonchev–Trinajstić information content (AvgIpc) is 2.60. The second-order valence-corrected chi connectivity index (χ2v) is 2.92. The molecular weight excluding hydrogens is 202 g/mol. The van der Waals surface area contributed by atoms with Crippen molar-refractivity contribution in [2.45, 2.75) is 0 Å². The Morgan fingerprint density at radius 2 is 1.80 bits per heavy atom. The number of hydrogen-bond acceptors (Lipinski definition) is 2. The number of furan rings is 1. The Hall–Kier alpha value is -1.97. The molecule has 0 atom stereocenters. The minimum atomic E-state index is -1.25. The molecule has 1 aromatic heterocycles. The van der Waals surface area contributed by atoms with E-state index in [1.165, 1.54) is 12.1 Å². The first-order chi connectivity index (χ1) is 7.20. The fourth-order valence-corrected chi connectivity index (χ4v) is 1.20. The minimum absolute atomic E-state index is 0.255. The van der Waals surface area contributed by atoms with Gasteiger partial charge in [-0.2, -0.15) is 4.39 Å². The molecule has 0 unspecified atom stereocenters. The molecule has 0 saturated carbocycles. The van der Waals surface area contributed by atoms with Crippen LogP contribution in [0.4, 0.5) is 8.78 Å². The molecule has 0 N–H and O–H groups in total. The molecule has 0 aliphatic heterocycles. The molecule has 0 bridgehead atoms. The summed E-state index contributed by atoms with van der Waals surface area (Å²) in [6.07, 6.45) is 0.575. The highest BCUT2D eigenvalue weighted by Crippen LogP contribution is 2.17. The number of ketones is 1. The van der Waals surface area contributed by atoms with Crippen molar-refractivity contribution < 1.29 is 18.0 Å². The number of carbonyl (C=O) groups is 1. The van der Waals surface area contributed by atoms with E-state index in [0.29, 0.717) is 6.26 Å². The zero-order valence-electron chi connectivity index (χ0n) is 7.54. The van der Waals surface area contributed by atoms with Crippen molar-refractivity contribution in [1.82, 2.24) is 0 Å². The van der Waals surface area contributed by atoms with Crippen molar-refractivity contribution in [3.63, 3.8) is 0 Å². The van der Waals surface area contributed by atoms with E-state index in [-0.39, 0.29) is 5.56 Å². The van der Waals surface area contributed by atoms with E-state index in [9.17, 15) is 13.6 Å². The van der Waals surface area contributed by atoms with Crippen LogP contribution >= 0.6 is 0 Å². The summed E-state index contributed by atoms with van der Waals surface area (Å²) in [4.78, 5) is 11.6. The van der Waals surface area contributed by atoms with Gasteiger partial charge in [-0.3, -0.25) is 4.79 Å². The van der Waals surface area contributed by atoms with E-state index in [2.05, 4.69) is 4.42 Å². The fraction of sp³-hybridized carbons (Fsp3) is 0. The Morgan fingerprint density at radius 1 is 1.13 bits per heavy atom. The van der Waals surface area contributed by atoms with Gasteiger partial charge >= 0.3 is 0 Å². The van der Waals surface area contributed by atoms with Gasteiger partial charge in [0, 0.05) is 5.56 Å². The van der Waals surface area contributed by atoms with Crippen LogP contribution in [0.1, 0.15) is 16.1 Å². The van der Waals surface area contributed by atoms with Crippen LogP contribution in [0.25, 0.3) is 0 Å². The molecule has 0 saturated heterocycles. The zero-order chi connectivity index (χ0) is 10.8. The summed E-state index contributed by atoms with van der Waals surface area (Å²) in [6, 6.07) is 7.98. The summed E-state index contributed by atoms with van der Waals surface area (Å²) in [5.41, 5.74) is 0.255. The lowest BCUT2D eigenvalue weighted by molar-refractivity contribution is 0.100. The van der Waals surface area contributed by atoms with Crippen molar-refractivity contribution in [3.8, 4) is 0 Å². The predicted octanol–water partition coefficient (Wildman–Crippen LogP) is 2.79. The summed E-state index contributed by atoms with van der Waals surface area (Å²) in [6.45, 7) is 0. The van der Waals surface area contributed by atoms with Crippen LogP contribution in [0.15, 0.2) is 41.0 Å². The molecule has 0 aliphatic carbocycles. The first-order valence-electron chi connectivity index (χ1n) is 4.22. The zero-order valence-corrected chi connectivity index (χ0v) is 7.54. The van der Waals surface area contributed by atoms with Gasteiger partial charge in [0.2, 0.25) is 17.4 Å². The molecule has 0 fully saturated rings. The third-order valence-corrected chi connectivity index (χ3v) is 1.93. The van der Waals surface area contributed by atoms with E-state index in [4.69, 9.17) is 0 Å². The summed E-state index contributed by atoms with van der Waals surface area (Å²) >= 11 is 0. The molecule has 1 aromatic carbocycles. The molecule has 0 amide bonds.